The predicted octanol–water partition coefficient (Wildman–Crippen LogP) is 0.414. The van der Waals surface area contributed by atoms with E-state index in [1.54, 1.807) is 0 Å². The van der Waals surface area contributed by atoms with Crippen LogP contribution in [-0.4, -0.2) is 34.4 Å². The van der Waals surface area contributed by atoms with Crippen LogP contribution in [0, 0.1) is 11.3 Å². The molecular formula is C12H14N2O4S2. The Bertz CT molecular complexity index is 731. The Morgan fingerprint density at radius 2 is 1.95 bits per heavy atom. The molecule has 1 N–H and O–H groups in total. The second-order valence-electron chi connectivity index (χ2n) is 4.62. The fourth-order valence-electron chi connectivity index (χ4n) is 2.08. The second-order valence-corrected chi connectivity index (χ2v) is 8.79. The maximum Gasteiger partial charge on any atom is 0.240 e. The Balaban J connectivity index is 2.10. The Hall–Kier alpha value is -1.43. The lowest BCUT2D eigenvalue weighted by Gasteiger charge is -2.11. The molecule has 0 radical (unpaired) electrons. The van der Waals surface area contributed by atoms with Gasteiger partial charge in [-0.1, -0.05) is 0 Å². The molecule has 0 amide bonds. The van der Waals surface area contributed by atoms with Gasteiger partial charge in [-0.2, -0.15) is 5.26 Å². The molecule has 1 aromatic carbocycles. The van der Waals surface area contributed by atoms with Crippen molar-refractivity contribution < 1.29 is 16.8 Å². The first-order valence-corrected chi connectivity index (χ1v) is 9.26. The molecule has 0 spiro atoms. The highest BCUT2D eigenvalue weighted by Gasteiger charge is 2.32. The molecule has 0 saturated carbocycles. The zero-order valence-corrected chi connectivity index (χ0v) is 12.2. The molecular weight excluding hydrogens is 300 g/mol. The summed E-state index contributed by atoms with van der Waals surface area (Å²) in [5.41, 5.74) is 0.363. The number of sulfonamides is 1. The van der Waals surface area contributed by atoms with E-state index in [0.717, 1.165) is 0 Å². The van der Waals surface area contributed by atoms with Crippen LogP contribution in [0.3, 0.4) is 0 Å². The van der Waals surface area contributed by atoms with Crippen molar-refractivity contribution in [3.8, 4) is 6.07 Å². The molecule has 108 valence electrons. The van der Waals surface area contributed by atoms with Crippen LogP contribution in [0.1, 0.15) is 18.4 Å². The fraction of sp³-hybridized carbons (Fsp3) is 0.417. The number of nitrogens with zero attached hydrogens (tertiary/aromatic N) is 1. The Morgan fingerprint density at radius 3 is 2.45 bits per heavy atom. The molecule has 20 heavy (non-hydrogen) atoms. The maximum absolute atomic E-state index is 12.0. The second kappa shape index (κ2) is 5.52. The fourth-order valence-corrected chi connectivity index (χ4v) is 5.03. The lowest BCUT2D eigenvalue weighted by Crippen LogP contribution is -2.34. The molecule has 0 bridgehead atoms. The molecule has 1 aliphatic rings. The summed E-state index contributed by atoms with van der Waals surface area (Å²) >= 11 is 0. The van der Waals surface area contributed by atoms with Gasteiger partial charge in [0.2, 0.25) is 10.0 Å². The van der Waals surface area contributed by atoms with Crippen molar-refractivity contribution in [1.82, 2.24) is 4.72 Å². The monoisotopic (exact) mass is 314 g/mol. The number of hydrogen-bond donors (Lipinski definition) is 1. The van der Waals surface area contributed by atoms with Crippen molar-refractivity contribution in [2.45, 2.75) is 23.0 Å². The topological polar surface area (TPSA) is 104 Å². The summed E-state index contributed by atoms with van der Waals surface area (Å²) in [5.74, 6) is 0.121. The lowest BCUT2D eigenvalue weighted by molar-refractivity contribution is 0.571. The number of nitriles is 1. The smallest absolute Gasteiger partial charge is 0.229 e. The highest BCUT2D eigenvalue weighted by atomic mass is 32.2. The van der Waals surface area contributed by atoms with Gasteiger partial charge in [0.1, 0.15) is 0 Å². The predicted molar refractivity (Wildman–Crippen MR) is 73.2 cm³/mol. The van der Waals surface area contributed by atoms with Crippen molar-refractivity contribution >= 4 is 19.9 Å². The van der Waals surface area contributed by atoms with Crippen molar-refractivity contribution in [1.29, 1.82) is 5.26 Å². The van der Waals surface area contributed by atoms with Crippen LogP contribution < -0.4 is 4.72 Å². The molecule has 1 aliphatic heterocycles. The molecule has 1 heterocycles. The minimum Gasteiger partial charge on any atom is -0.229 e. The van der Waals surface area contributed by atoms with Gasteiger partial charge in [-0.25, -0.2) is 21.6 Å². The van der Waals surface area contributed by atoms with Gasteiger partial charge in [0.25, 0.3) is 0 Å². The van der Waals surface area contributed by atoms with Gasteiger partial charge in [-0.05, 0) is 37.1 Å². The summed E-state index contributed by atoms with van der Waals surface area (Å²) in [5, 5.41) is 8.01. The zero-order valence-electron chi connectivity index (χ0n) is 10.6. The number of sulfone groups is 1. The van der Waals surface area contributed by atoms with Crippen LogP contribution in [0.5, 0.6) is 0 Å². The lowest BCUT2D eigenvalue weighted by atomic mass is 10.2. The van der Waals surface area contributed by atoms with Crippen molar-refractivity contribution in [2.75, 3.05) is 12.3 Å². The Kier molecular flexibility index (Phi) is 4.13. The van der Waals surface area contributed by atoms with Crippen molar-refractivity contribution in [3.05, 3.63) is 29.8 Å². The van der Waals surface area contributed by atoms with Gasteiger partial charge in [-0.3, -0.25) is 0 Å². The summed E-state index contributed by atoms with van der Waals surface area (Å²) in [7, 11) is -6.92. The molecule has 6 nitrogen and oxygen atoms in total. The van der Waals surface area contributed by atoms with E-state index in [0.29, 0.717) is 18.4 Å². The first kappa shape index (κ1) is 15.0. The van der Waals surface area contributed by atoms with Gasteiger partial charge < -0.3 is 0 Å². The number of benzene rings is 1. The Morgan fingerprint density at radius 1 is 1.30 bits per heavy atom. The SMILES string of the molecule is N#Cc1ccc(S(=O)(=O)NCC2CCCS2(=O)=O)cc1. The normalized spacial score (nSPS) is 21.4. The van der Waals surface area contributed by atoms with Crippen LogP contribution >= 0.6 is 0 Å². The van der Waals surface area contributed by atoms with E-state index in [2.05, 4.69) is 4.72 Å². The summed E-state index contributed by atoms with van der Waals surface area (Å²) in [6, 6.07) is 7.35. The van der Waals surface area contributed by atoms with Crippen LogP contribution in [0.25, 0.3) is 0 Å². The first-order chi connectivity index (χ1) is 9.35. The number of rotatable bonds is 4. The third-order valence-electron chi connectivity index (χ3n) is 3.26. The van der Waals surface area contributed by atoms with Crippen molar-refractivity contribution in [2.24, 2.45) is 0 Å². The summed E-state index contributed by atoms with van der Waals surface area (Å²) < 4.78 is 49.6. The van der Waals surface area contributed by atoms with Gasteiger partial charge in [-0.15, -0.1) is 0 Å². The van der Waals surface area contributed by atoms with Crippen LogP contribution in [0.15, 0.2) is 29.2 Å². The summed E-state index contributed by atoms with van der Waals surface area (Å²) in [6.07, 6.45) is 1.06. The Labute approximate surface area is 118 Å². The van der Waals surface area contributed by atoms with Gasteiger partial charge in [0.15, 0.2) is 9.84 Å². The molecule has 2 rings (SSSR count). The van der Waals surface area contributed by atoms with Crippen LogP contribution in [0.4, 0.5) is 0 Å². The van der Waals surface area contributed by atoms with E-state index in [-0.39, 0.29) is 17.2 Å². The van der Waals surface area contributed by atoms with E-state index in [9.17, 15) is 16.8 Å². The van der Waals surface area contributed by atoms with E-state index < -0.39 is 25.1 Å². The van der Waals surface area contributed by atoms with E-state index in [1.165, 1.54) is 24.3 Å². The number of nitrogens with one attached hydrogen (secondary N) is 1. The van der Waals surface area contributed by atoms with Gasteiger partial charge in [0, 0.05) is 6.54 Å². The third-order valence-corrected chi connectivity index (χ3v) is 6.97. The highest BCUT2D eigenvalue weighted by Crippen LogP contribution is 2.20. The average Bonchev–Trinajstić information content (AvgIpc) is 2.75. The largest absolute Gasteiger partial charge is 0.240 e. The average molecular weight is 314 g/mol. The molecule has 1 saturated heterocycles. The van der Waals surface area contributed by atoms with Crippen molar-refractivity contribution in [3.63, 3.8) is 0 Å². The molecule has 0 aromatic heterocycles. The van der Waals surface area contributed by atoms with E-state index in [1.807, 2.05) is 6.07 Å². The quantitative estimate of drug-likeness (QED) is 0.867. The summed E-state index contributed by atoms with van der Waals surface area (Å²) in [4.78, 5) is 0.0203. The standard InChI is InChI=1S/C12H14N2O4S2/c13-8-10-3-5-11(6-4-10)20(17,18)14-9-12-2-1-7-19(12,15)16/h3-6,12,14H,1-2,7,9H2. The highest BCUT2D eigenvalue weighted by molar-refractivity contribution is 7.92. The van der Waals surface area contributed by atoms with E-state index >= 15 is 0 Å². The molecule has 8 heteroatoms. The minimum atomic E-state index is -3.75. The number of hydrogen-bond acceptors (Lipinski definition) is 5. The van der Waals surface area contributed by atoms with E-state index in [4.69, 9.17) is 5.26 Å². The molecule has 1 unspecified atom stereocenters. The van der Waals surface area contributed by atoms with Gasteiger partial charge >= 0.3 is 0 Å². The maximum atomic E-state index is 12.0. The molecule has 1 fully saturated rings. The zero-order chi connectivity index (χ0) is 14.8. The minimum absolute atomic E-state index is 0.0203. The first-order valence-electron chi connectivity index (χ1n) is 6.06. The third kappa shape index (κ3) is 3.17. The summed E-state index contributed by atoms with van der Waals surface area (Å²) in [6.45, 7) is -0.106. The molecule has 0 aliphatic carbocycles. The molecule has 1 aromatic rings. The van der Waals surface area contributed by atoms with Crippen LogP contribution in [-0.2, 0) is 19.9 Å². The van der Waals surface area contributed by atoms with Crippen LogP contribution in [0.2, 0.25) is 0 Å². The van der Waals surface area contributed by atoms with Gasteiger partial charge in [0.05, 0.1) is 27.5 Å². The molecule has 1 atom stereocenters.